The van der Waals surface area contributed by atoms with Crippen LogP contribution in [0.2, 0.25) is 0 Å². The number of ether oxygens (including phenoxy) is 2. The van der Waals surface area contributed by atoms with E-state index in [1.54, 1.807) is 11.8 Å². The lowest BCUT2D eigenvalue weighted by atomic mass is 9.56. The smallest absolute Gasteiger partial charge is 0.311 e. The van der Waals surface area contributed by atoms with Crippen LogP contribution >= 0.6 is 11.8 Å². The lowest BCUT2D eigenvalue weighted by Gasteiger charge is -2.52. The van der Waals surface area contributed by atoms with Gasteiger partial charge in [0.2, 0.25) is 0 Å². The number of hydrogen-bond donors (Lipinski definition) is 0. The molecule has 0 aromatic rings. The lowest BCUT2D eigenvalue weighted by molar-refractivity contribution is -0.171. The average molecular weight is 256 g/mol. The molecule has 17 heavy (non-hydrogen) atoms. The van der Waals surface area contributed by atoms with Gasteiger partial charge in [-0.05, 0) is 18.8 Å². The first kappa shape index (κ1) is 12.5. The molecule has 2 unspecified atom stereocenters. The largest absolute Gasteiger partial charge is 0.469 e. The van der Waals surface area contributed by atoms with E-state index in [1.165, 1.54) is 14.2 Å². The van der Waals surface area contributed by atoms with Gasteiger partial charge < -0.3 is 9.47 Å². The maximum absolute atomic E-state index is 11.8. The van der Waals surface area contributed by atoms with E-state index in [1.807, 2.05) is 13.8 Å². The number of fused-ring (bicyclic) bond motifs is 1. The van der Waals surface area contributed by atoms with Crippen molar-refractivity contribution in [2.45, 2.75) is 18.6 Å². The number of allylic oxidation sites excluding steroid dienone is 2. The molecule has 2 rings (SSSR count). The van der Waals surface area contributed by atoms with Crippen molar-refractivity contribution in [3.63, 3.8) is 0 Å². The van der Waals surface area contributed by atoms with Gasteiger partial charge in [0.05, 0.1) is 26.1 Å². The summed E-state index contributed by atoms with van der Waals surface area (Å²) in [5.41, 5.74) is 0. The van der Waals surface area contributed by atoms with Gasteiger partial charge in [0.1, 0.15) is 0 Å². The Kier molecular flexibility index (Phi) is 2.97. The van der Waals surface area contributed by atoms with Crippen LogP contribution in [-0.2, 0) is 19.1 Å². The summed E-state index contributed by atoms with van der Waals surface area (Å²) in [7, 11) is 2.71. The fourth-order valence-corrected chi connectivity index (χ4v) is 4.60. The van der Waals surface area contributed by atoms with Gasteiger partial charge in [0.25, 0.3) is 0 Å². The molecule has 1 heterocycles. The molecule has 4 nitrogen and oxygen atoms in total. The Morgan fingerprint density at radius 3 is 2.41 bits per heavy atom. The number of esters is 2. The van der Waals surface area contributed by atoms with Gasteiger partial charge >= 0.3 is 11.9 Å². The topological polar surface area (TPSA) is 52.6 Å². The van der Waals surface area contributed by atoms with Crippen LogP contribution in [0.15, 0.2) is 11.0 Å². The van der Waals surface area contributed by atoms with E-state index in [2.05, 4.69) is 6.08 Å². The normalized spacial score (nSPS) is 38.8. The Hall–Kier alpha value is -0.970. The highest BCUT2D eigenvalue weighted by molar-refractivity contribution is 8.04. The van der Waals surface area contributed by atoms with Gasteiger partial charge in [-0.25, -0.2) is 0 Å². The molecular weight excluding hydrogens is 240 g/mol. The standard InChI is InChI=1S/C12H16O4S/c1-6-5-7-8(10(13)15-3)9(11(14)16-4)12(7,2)17-6/h5,7-9H,1-4H3/t7-,8?,9?,12-/m0/s1. The zero-order chi connectivity index (χ0) is 12.8. The quantitative estimate of drug-likeness (QED) is 0.702. The van der Waals surface area contributed by atoms with E-state index in [4.69, 9.17) is 9.47 Å². The van der Waals surface area contributed by atoms with Crippen LogP contribution in [0.4, 0.5) is 0 Å². The number of carbonyl (C=O) groups excluding carboxylic acids is 2. The van der Waals surface area contributed by atoms with Crippen molar-refractivity contribution in [1.82, 2.24) is 0 Å². The first-order valence-electron chi connectivity index (χ1n) is 5.48. The van der Waals surface area contributed by atoms with Gasteiger partial charge in [0.15, 0.2) is 0 Å². The lowest BCUT2D eigenvalue weighted by Crippen LogP contribution is -2.62. The SMILES string of the molecule is COC(=O)C1C(C(=O)OC)[C@@]2(C)SC(C)=C[C@@H]12. The Morgan fingerprint density at radius 2 is 1.88 bits per heavy atom. The Labute approximate surface area is 105 Å². The van der Waals surface area contributed by atoms with Gasteiger partial charge in [-0.2, -0.15) is 0 Å². The number of hydrogen-bond acceptors (Lipinski definition) is 5. The second-order valence-electron chi connectivity index (χ2n) is 4.64. The van der Waals surface area contributed by atoms with Crippen LogP contribution < -0.4 is 0 Å². The maximum atomic E-state index is 11.8. The minimum atomic E-state index is -0.413. The highest BCUT2D eigenvalue weighted by Crippen LogP contribution is 2.64. The third-order valence-electron chi connectivity index (χ3n) is 3.75. The van der Waals surface area contributed by atoms with Crippen molar-refractivity contribution in [2.75, 3.05) is 14.2 Å². The number of rotatable bonds is 2. The molecule has 0 bridgehead atoms. The van der Waals surface area contributed by atoms with E-state index in [0.29, 0.717) is 0 Å². The van der Waals surface area contributed by atoms with Crippen molar-refractivity contribution < 1.29 is 19.1 Å². The Morgan fingerprint density at radius 1 is 1.29 bits per heavy atom. The molecule has 0 radical (unpaired) electrons. The molecule has 1 aliphatic heterocycles. The molecule has 0 amide bonds. The first-order valence-corrected chi connectivity index (χ1v) is 6.30. The number of carbonyl (C=O) groups is 2. The van der Waals surface area contributed by atoms with Crippen LogP contribution in [0.25, 0.3) is 0 Å². The van der Waals surface area contributed by atoms with Crippen molar-refractivity contribution in [1.29, 1.82) is 0 Å². The highest BCUT2D eigenvalue weighted by atomic mass is 32.2. The van der Waals surface area contributed by atoms with E-state index < -0.39 is 11.8 Å². The zero-order valence-electron chi connectivity index (χ0n) is 10.4. The fraction of sp³-hybridized carbons (Fsp3) is 0.667. The third-order valence-corrected chi connectivity index (χ3v) is 5.17. The van der Waals surface area contributed by atoms with E-state index in [0.717, 1.165) is 4.91 Å². The molecule has 0 saturated heterocycles. The number of methoxy groups -OCH3 is 2. The highest BCUT2D eigenvalue weighted by Gasteiger charge is 2.67. The average Bonchev–Trinajstić information content (AvgIpc) is 2.53. The van der Waals surface area contributed by atoms with Crippen LogP contribution in [0, 0.1) is 17.8 Å². The van der Waals surface area contributed by atoms with Crippen LogP contribution in [0.3, 0.4) is 0 Å². The second kappa shape index (κ2) is 4.05. The van der Waals surface area contributed by atoms with Crippen molar-refractivity contribution in [3.05, 3.63) is 11.0 Å². The summed E-state index contributed by atoms with van der Waals surface area (Å²) >= 11 is 1.65. The third kappa shape index (κ3) is 1.59. The predicted octanol–water partition coefficient (Wildman–Crippen LogP) is 1.60. The molecule has 1 aliphatic carbocycles. The molecule has 2 aliphatic rings. The molecular formula is C12H16O4S. The number of thioether (sulfide) groups is 1. The molecule has 5 heteroatoms. The fourth-order valence-electron chi connectivity index (χ4n) is 2.97. The van der Waals surface area contributed by atoms with Crippen LogP contribution in [0.1, 0.15) is 13.8 Å². The first-order chi connectivity index (χ1) is 7.95. The van der Waals surface area contributed by atoms with Crippen LogP contribution in [0.5, 0.6) is 0 Å². The monoisotopic (exact) mass is 256 g/mol. The maximum Gasteiger partial charge on any atom is 0.311 e. The summed E-state index contributed by atoms with van der Waals surface area (Å²) in [6.07, 6.45) is 2.06. The van der Waals surface area contributed by atoms with E-state index >= 15 is 0 Å². The summed E-state index contributed by atoms with van der Waals surface area (Å²) in [5, 5.41) is 0. The van der Waals surface area contributed by atoms with Crippen LogP contribution in [-0.4, -0.2) is 30.9 Å². The molecule has 0 aromatic heterocycles. The summed E-state index contributed by atoms with van der Waals surface area (Å²) in [5.74, 6) is -1.39. The Bertz CT molecular complexity index is 403. The molecule has 0 spiro atoms. The van der Waals surface area contributed by atoms with Gasteiger partial charge in [0, 0.05) is 10.7 Å². The molecule has 1 saturated carbocycles. The predicted molar refractivity (Wildman–Crippen MR) is 64.3 cm³/mol. The zero-order valence-corrected chi connectivity index (χ0v) is 11.2. The van der Waals surface area contributed by atoms with Crippen molar-refractivity contribution in [3.8, 4) is 0 Å². The molecule has 0 N–H and O–H groups in total. The summed E-state index contributed by atoms with van der Waals surface area (Å²) < 4.78 is 9.33. The minimum Gasteiger partial charge on any atom is -0.469 e. The summed E-state index contributed by atoms with van der Waals surface area (Å²) in [6.45, 7) is 4.01. The summed E-state index contributed by atoms with van der Waals surface area (Å²) in [6, 6.07) is 0. The Balaban J connectivity index is 2.31. The van der Waals surface area contributed by atoms with Crippen molar-refractivity contribution >= 4 is 23.7 Å². The molecule has 0 aromatic carbocycles. The van der Waals surface area contributed by atoms with Gasteiger partial charge in [-0.15, -0.1) is 11.8 Å². The van der Waals surface area contributed by atoms with E-state index in [9.17, 15) is 9.59 Å². The molecule has 1 fully saturated rings. The van der Waals surface area contributed by atoms with E-state index in [-0.39, 0.29) is 22.6 Å². The summed E-state index contributed by atoms with van der Waals surface area (Å²) in [4.78, 5) is 24.7. The van der Waals surface area contributed by atoms with Gasteiger partial charge in [-0.1, -0.05) is 6.08 Å². The molecule has 4 atom stereocenters. The van der Waals surface area contributed by atoms with Crippen molar-refractivity contribution in [2.24, 2.45) is 17.8 Å². The minimum absolute atomic E-state index is 0.0732. The van der Waals surface area contributed by atoms with Gasteiger partial charge in [-0.3, -0.25) is 9.59 Å². The molecule has 94 valence electrons. The second-order valence-corrected chi connectivity index (χ2v) is 6.37.